The first-order valence-corrected chi connectivity index (χ1v) is 8.39. The van der Waals surface area contributed by atoms with Crippen LogP contribution in [0.5, 0.6) is 0 Å². The van der Waals surface area contributed by atoms with Gasteiger partial charge in [0.15, 0.2) is 0 Å². The Hall–Kier alpha value is -2.77. The van der Waals surface area contributed by atoms with Crippen LogP contribution in [0.3, 0.4) is 0 Å². The molecule has 1 fully saturated rings. The number of aromatic nitrogens is 3. The molecule has 0 unspecified atom stereocenters. The minimum atomic E-state index is 0.00732. The molecule has 0 spiro atoms. The van der Waals surface area contributed by atoms with Gasteiger partial charge in [0.25, 0.3) is 0 Å². The van der Waals surface area contributed by atoms with Crippen molar-refractivity contribution < 1.29 is 14.1 Å². The van der Waals surface area contributed by atoms with Crippen molar-refractivity contribution in [2.75, 3.05) is 20.1 Å². The van der Waals surface area contributed by atoms with E-state index in [0.717, 1.165) is 5.56 Å². The molecule has 2 amide bonds. The van der Waals surface area contributed by atoms with Crippen LogP contribution >= 0.6 is 0 Å². The molecule has 1 aliphatic rings. The first kappa shape index (κ1) is 17.1. The Morgan fingerprint density at radius 3 is 2.68 bits per heavy atom. The van der Waals surface area contributed by atoms with Crippen LogP contribution in [-0.4, -0.2) is 52.0 Å². The van der Waals surface area contributed by atoms with Gasteiger partial charge in [0.05, 0.1) is 0 Å². The SMILES string of the molecule is CNC(=O)C1CCN(C(=O)CCc2nc(-c3ccncc3)no2)CC1. The van der Waals surface area contributed by atoms with E-state index in [1.165, 1.54) is 0 Å². The Balaban J connectivity index is 1.49. The van der Waals surface area contributed by atoms with Crippen LogP contribution in [0.2, 0.25) is 0 Å². The molecule has 0 saturated carbocycles. The maximum Gasteiger partial charge on any atom is 0.227 e. The fourth-order valence-electron chi connectivity index (χ4n) is 2.94. The zero-order valence-corrected chi connectivity index (χ0v) is 14.1. The van der Waals surface area contributed by atoms with E-state index in [0.29, 0.717) is 50.5 Å². The van der Waals surface area contributed by atoms with E-state index in [4.69, 9.17) is 4.52 Å². The van der Waals surface area contributed by atoms with E-state index in [9.17, 15) is 9.59 Å². The quantitative estimate of drug-likeness (QED) is 0.871. The van der Waals surface area contributed by atoms with Crippen LogP contribution in [0.15, 0.2) is 29.0 Å². The lowest BCUT2D eigenvalue weighted by Gasteiger charge is -2.31. The van der Waals surface area contributed by atoms with Crippen molar-refractivity contribution in [1.29, 1.82) is 0 Å². The van der Waals surface area contributed by atoms with E-state index < -0.39 is 0 Å². The summed E-state index contributed by atoms with van der Waals surface area (Å²) in [5.74, 6) is 1.06. The van der Waals surface area contributed by atoms with Gasteiger partial charge in [0.1, 0.15) is 0 Å². The molecule has 8 heteroatoms. The lowest BCUT2D eigenvalue weighted by molar-refractivity contribution is -0.135. The number of aryl methyl sites for hydroxylation is 1. The van der Waals surface area contributed by atoms with Crippen LogP contribution < -0.4 is 5.32 Å². The third-order valence-electron chi connectivity index (χ3n) is 4.42. The molecule has 132 valence electrons. The molecule has 2 aromatic rings. The maximum absolute atomic E-state index is 12.3. The molecule has 0 aliphatic carbocycles. The van der Waals surface area contributed by atoms with Gasteiger partial charge in [0.2, 0.25) is 23.5 Å². The van der Waals surface area contributed by atoms with Gasteiger partial charge in [0, 0.05) is 56.9 Å². The number of nitrogens with zero attached hydrogens (tertiary/aromatic N) is 4. The molecule has 3 rings (SSSR count). The smallest absolute Gasteiger partial charge is 0.227 e. The number of carbonyl (C=O) groups excluding carboxylic acids is 2. The summed E-state index contributed by atoms with van der Waals surface area (Å²) in [7, 11) is 1.64. The summed E-state index contributed by atoms with van der Waals surface area (Å²) in [6, 6.07) is 3.60. The predicted octanol–water partition coefficient (Wildman–Crippen LogP) is 1.05. The highest BCUT2D eigenvalue weighted by atomic mass is 16.5. The van der Waals surface area contributed by atoms with Crippen molar-refractivity contribution in [3.8, 4) is 11.4 Å². The Labute approximate surface area is 145 Å². The van der Waals surface area contributed by atoms with Crippen LogP contribution in [0.1, 0.15) is 25.2 Å². The van der Waals surface area contributed by atoms with Gasteiger partial charge in [-0.05, 0) is 25.0 Å². The van der Waals surface area contributed by atoms with Gasteiger partial charge in [-0.15, -0.1) is 0 Å². The molecule has 1 aliphatic heterocycles. The third-order valence-corrected chi connectivity index (χ3v) is 4.42. The van der Waals surface area contributed by atoms with Gasteiger partial charge in [-0.1, -0.05) is 5.16 Å². The monoisotopic (exact) mass is 343 g/mol. The summed E-state index contributed by atoms with van der Waals surface area (Å²) in [5, 5.41) is 6.60. The van der Waals surface area contributed by atoms with E-state index >= 15 is 0 Å². The van der Waals surface area contributed by atoms with E-state index in [-0.39, 0.29) is 17.7 Å². The van der Waals surface area contributed by atoms with Gasteiger partial charge in [-0.2, -0.15) is 4.98 Å². The zero-order chi connectivity index (χ0) is 17.6. The fourth-order valence-corrected chi connectivity index (χ4v) is 2.94. The standard InChI is InChI=1S/C17H21N5O3/c1-18-17(24)13-6-10-22(11-7-13)15(23)3-2-14-20-16(21-25-14)12-4-8-19-9-5-12/h4-5,8-9,13H,2-3,6-7,10-11H2,1H3,(H,18,24). The third kappa shape index (κ3) is 4.20. The van der Waals surface area contributed by atoms with Crippen molar-refractivity contribution in [2.24, 2.45) is 5.92 Å². The molecule has 0 bridgehead atoms. The molecule has 0 radical (unpaired) electrons. The normalized spacial score (nSPS) is 15.2. The second-order valence-corrected chi connectivity index (χ2v) is 6.02. The minimum Gasteiger partial charge on any atom is -0.359 e. The highest BCUT2D eigenvalue weighted by Crippen LogP contribution is 2.19. The predicted molar refractivity (Wildman–Crippen MR) is 89.2 cm³/mol. The highest BCUT2D eigenvalue weighted by Gasteiger charge is 2.26. The van der Waals surface area contributed by atoms with Crippen LogP contribution in [0, 0.1) is 5.92 Å². The van der Waals surface area contributed by atoms with Crippen LogP contribution in [0.25, 0.3) is 11.4 Å². The molecule has 3 heterocycles. The van der Waals surface area contributed by atoms with Crippen molar-refractivity contribution in [1.82, 2.24) is 25.3 Å². The number of nitrogens with one attached hydrogen (secondary N) is 1. The number of hydrogen-bond acceptors (Lipinski definition) is 6. The molecular weight excluding hydrogens is 322 g/mol. The summed E-state index contributed by atoms with van der Waals surface area (Å²) in [6.45, 7) is 1.23. The number of rotatable bonds is 5. The van der Waals surface area contributed by atoms with Crippen molar-refractivity contribution in [3.05, 3.63) is 30.4 Å². The number of piperidine rings is 1. The lowest BCUT2D eigenvalue weighted by atomic mass is 9.96. The number of hydrogen-bond donors (Lipinski definition) is 1. The van der Waals surface area contributed by atoms with Crippen LogP contribution in [0.4, 0.5) is 0 Å². The summed E-state index contributed by atoms with van der Waals surface area (Å²) in [4.78, 5) is 34.0. The minimum absolute atomic E-state index is 0.00732. The molecule has 2 aromatic heterocycles. The lowest BCUT2D eigenvalue weighted by Crippen LogP contribution is -2.42. The van der Waals surface area contributed by atoms with Crippen molar-refractivity contribution >= 4 is 11.8 Å². The Morgan fingerprint density at radius 1 is 1.28 bits per heavy atom. The molecule has 1 N–H and O–H groups in total. The van der Waals surface area contributed by atoms with E-state index in [1.54, 1.807) is 36.5 Å². The Morgan fingerprint density at radius 2 is 2.00 bits per heavy atom. The second-order valence-electron chi connectivity index (χ2n) is 6.02. The van der Waals surface area contributed by atoms with Crippen molar-refractivity contribution in [3.63, 3.8) is 0 Å². The van der Waals surface area contributed by atoms with E-state index in [2.05, 4.69) is 20.4 Å². The van der Waals surface area contributed by atoms with Crippen molar-refractivity contribution in [2.45, 2.75) is 25.7 Å². The van der Waals surface area contributed by atoms with Gasteiger partial charge in [-0.3, -0.25) is 14.6 Å². The summed E-state index contributed by atoms with van der Waals surface area (Å²) < 4.78 is 5.21. The molecular formula is C17H21N5O3. The zero-order valence-electron chi connectivity index (χ0n) is 14.1. The molecule has 0 aromatic carbocycles. The maximum atomic E-state index is 12.3. The van der Waals surface area contributed by atoms with E-state index in [1.807, 2.05) is 0 Å². The second kappa shape index (κ2) is 7.87. The topological polar surface area (TPSA) is 101 Å². The average Bonchev–Trinajstić information content (AvgIpc) is 3.15. The first-order valence-electron chi connectivity index (χ1n) is 8.39. The van der Waals surface area contributed by atoms with Gasteiger partial charge >= 0.3 is 0 Å². The number of carbonyl (C=O) groups is 2. The Bertz CT molecular complexity index is 723. The van der Waals surface area contributed by atoms with Crippen LogP contribution in [-0.2, 0) is 16.0 Å². The number of amides is 2. The first-order chi connectivity index (χ1) is 12.2. The van der Waals surface area contributed by atoms with Gasteiger partial charge in [-0.25, -0.2) is 0 Å². The fraction of sp³-hybridized carbons (Fsp3) is 0.471. The average molecular weight is 343 g/mol. The molecule has 0 atom stereocenters. The largest absolute Gasteiger partial charge is 0.359 e. The number of likely N-dealkylation sites (tertiary alicyclic amines) is 1. The summed E-state index contributed by atoms with van der Waals surface area (Å²) >= 11 is 0. The molecule has 8 nitrogen and oxygen atoms in total. The highest BCUT2D eigenvalue weighted by molar-refractivity contribution is 5.79. The number of pyridine rings is 1. The molecule has 25 heavy (non-hydrogen) atoms. The summed E-state index contributed by atoms with van der Waals surface area (Å²) in [5.41, 5.74) is 0.826. The Kier molecular flexibility index (Phi) is 5.37. The summed E-state index contributed by atoms with van der Waals surface area (Å²) in [6.07, 6.45) is 5.47. The molecule has 1 saturated heterocycles. The van der Waals surface area contributed by atoms with Gasteiger partial charge < -0.3 is 14.7 Å².